The van der Waals surface area contributed by atoms with Crippen molar-refractivity contribution in [3.05, 3.63) is 0 Å². The largest absolute Gasteiger partial charge is 0.340 e. The number of hydrogen-bond acceptors (Lipinski definition) is 3. The minimum Gasteiger partial charge on any atom is -0.340 e. The fourth-order valence-corrected chi connectivity index (χ4v) is 2.94. The third-order valence-corrected chi connectivity index (χ3v) is 3.96. The lowest BCUT2D eigenvalue weighted by molar-refractivity contribution is -0.133. The van der Waals surface area contributed by atoms with Crippen LogP contribution < -0.4 is 5.32 Å². The van der Waals surface area contributed by atoms with Crippen LogP contribution in [0.4, 0.5) is 0 Å². The van der Waals surface area contributed by atoms with Crippen molar-refractivity contribution in [3.8, 4) is 0 Å². The van der Waals surface area contributed by atoms with E-state index in [1.165, 1.54) is 5.75 Å². The number of thioether (sulfide) groups is 1. The Labute approximate surface area is 103 Å². The molecule has 94 valence electrons. The molecule has 0 radical (unpaired) electrons. The zero-order valence-corrected chi connectivity index (χ0v) is 11.5. The van der Waals surface area contributed by atoms with Gasteiger partial charge in [0.15, 0.2) is 0 Å². The van der Waals surface area contributed by atoms with Gasteiger partial charge in [-0.3, -0.25) is 4.79 Å². The Kier molecular flexibility index (Phi) is 6.21. The van der Waals surface area contributed by atoms with Gasteiger partial charge in [-0.25, -0.2) is 0 Å². The lowest BCUT2D eigenvalue weighted by atomic mass is 10.1. The highest BCUT2D eigenvalue weighted by Crippen LogP contribution is 2.12. The molecule has 1 amide bonds. The molecular formula is C12H24N2OS. The summed E-state index contributed by atoms with van der Waals surface area (Å²) in [5, 5.41) is 3.42. The van der Waals surface area contributed by atoms with Gasteiger partial charge in [0.2, 0.25) is 5.91 Å². The van der Waals surface area contributed by atoms with Crippen LogP contribution in [0.3, 0.4) is 0 Å². The van der Waals surface area contributed by atoms with Crippen molar-refractivity contribution in [3.63, 3.8) is 0 Å². The molecule has 0 spiro atoms. The molecule has 1 atom stereocenters. The van der Waals surface area contributed by atoms with E-state index in [2.05, 4.69) is 26.1 Å². The first-order chi connectivity index (χ1) is 7.65. The molecule has 1 heterocycles. The Balaban J connectivity index is 2.40. The van der Waals surface area contributed by atoms with Crippen LogP contribution in [0.25, 0.3) is 0 Å². The van der Waals surface area contributed by atoms with Gasteiger partial charge in [-0.2, -0.15) is 11.8 Å². The molecule has 1 unspecified atom stereocenters. The number of nitrogens with one attached hydrogen (secondary N) is 1. The zero-order valence-electron chi connectivity index (χ0n) is 10.7. The lowest BCUT2D eigenvalue weighted by Crippen LogP contribution is -2.44. The fraction of sp³-hybridized carbons (Fsp3) is 0.917. The zero-order chi connectivity index (χ0) is 12.0. The SMILES string of the molecule is CCCN(C(=O)CC1CSCCN1)C(C)C. The van der Waals surface area contributed by atoms with Crippen LogP contribution in [0, 0.1) is 0 Å². The maximum absolute atomic E-state index is 12.1. The third-order valence-electron chi connectivity index (χ3n) is 2.83. The van der Waals surface area contributed by atoms with Gasteiger partial charge in [0.25, 0.3) is 0 Å². The van der Waals surface area contributed by atoms with Gasteiger partial charge >= 0.3 is 0 Å². The Morgan fingerprint density at radius 3 is 2.81 bits per heavy atom. The summed E-state index contributed by atoms with van der Waals surface area (Å²) in [6.07, 6.45) is 1.70. The van der Waals surface area contributed by atoms with Gasteiger partial charge in [0, 0.05) is 43.1 Å². The summed E-state index contributed by atoms with van der Waals surface area (Å²) in [4.78, 5) is 14.1. The summed E-state index contributed by atoms with van der Waals surface area (Å²) in [6.45, 7) is 8.24. The van der Waals surface area contributed by atoms with Crippen molar-refractivity contribution in [2.24, 2.45) is 0 Å². The smallest absolute Gasteiger partial charge is 0.224 e. The van der Waals surface area contributed by atoms with Crippen LogP contribution in [-0.2, 0) is 4.79 Å². The summed E-state index contributed by atoms with van der Waals surface area (Å²) in [5.41, 5.74) is 0. The number of hydrogen-bond donors (Lipinski definition) is 1. The number of rotatable bonds is 5. The highest BCUT2D eigenvalue weighted by Gasteiger charge is 2.21. The van der Waals surface area contributed by atoms with E-state index in [0.717, 1.165) is 25.3 Å². The Hall–Kier alpha value is -0.220. The van der Waals surface area contributed by atoms with Crippen molar-refractivity contribution in [1.29, 1.82) is 0 Å². The van der Waals surface area contributed by atoms with E-state index in [0.29, 0.717) is 24.4 Å². The summed E-state index contributed by atoms with van der Waals surface area (Å²) < 4.78 is 0. The molecule has 16 heavy (non-hydrogen) atoms. The van der Waals surface area contributed by atoms with Crippen LogP contribution >= 0.6 is 11.8 Å². The summed E-state index contributed by atoms with van der Waals surface area (Å²) in [5.74, 6) is 2.55. The monoisotopic (exact) mass is 244 g/mol. The van der Waals surface area contributed by atoms with Crippen molar-refractivity contribution in [2.75, 3.05) is 24.6 Å². The summed E-state index contributed by atoms with van der Waals surface area (Å²) >= 11 is 1.95. The van der Waals surface area contributed by atoms with Crippen LogP contribution in [0.2, 0.25) is 0 Å². The van der Waals surface area contributed by atoms with E-state index in [9.17, 15) is 4.79 Å². The second kappa shape index (κ2) is 7.17. The quantitative estimate of drug-likeness (QED) is 0.799. The molecule has 0 bridgehead atoms. The number of carbonyl (C=O) groups excluding carboxylic acids is 1. The fourth-order valence-electron chi connectivity index (χ4n) is 1.99. The molecule has 1 aliphatic rings. The average molecular weight is 244 g/mol. The van der Waals surface area contributed by atoms with Crippen molar-refractivity contribution in [2.45, 2.75) is 45.7 Å². The van der Waals surface area contributed by atoms with Crippen LogP contribution in [0.5, 0.6) is 0 Å². The summed E-state index contributed by atoms with van der Waals surface area (Å²) in [7, 11) is 0. The van der Waals surface area contributed by atoms with Crippen molar-refractivity contribution < 1.29 is 4.79 Å². The standard InChI is InChI=1S/C12H24N2OS/c1-4-6-14(10(2)3)12(15)8-11-9-16-7-5-13-11/h10-11,13H,4-9H2,1-3H3. The number of nitrogens with zero attached hydrogens (tertiary/aromatic N) is 1. The molecule has 1 saturated heterocycles. The minimum absolute atomic E-state index is 0.303. The first-order valence-electron chi connectivity index (χ1n) is 6.25. The molecule has 1 aliphatic heterocycles. The van der Waals surface area contributed by atoms with E-state index in [4.69, 9.17) is 0 Å². The molecule has 1 fully saturated rings. The lowest BCUT2D eigenvalue weighted by Gasteiger charge is -2.29. The van der Waals surface area contributed by atoms with E-state index < -0.39 is 0 Å². The molecule has 1 N–H and O–H groups in total. The van der Waals surface area contributed by atoms with Gasteiger partial charge in [-0.15, -0.1) is 0 Å². The van der Waals surface area contributed by atoms with Crippen LogP contribution in [0.15, 0.2) is 0 Å². The predicted octanol–water partition coefficient (Wildman–Crippen LogP) is 1.73. The predicted molar refractivity (Wildman–Crippen MR) is 70.9 cm³/mol. The second-order valence-corrected chi connectivity index (χ2v) is 5.76. The summed E-state index contributed by atoms with van der Waals surface area (Å²) in [6, 6.07) is 0.702. The van der Waals surface area contributed by atoms with Gasteiger partial charge in [-0.05, 0) is 20.3 Å². The van der Waals surface area contributed by atoms with E-state index in [-0.39, 0.29) is 0 Å². The van der Waals surface area contributed by atoms with Gasteiger partial charge in [0.05, 0.1) is 0 Å². The Morgan fingerprint density at radius 2 is 2.31 bits per heavy atom. The molecule has 0 aromatic carbocycles. The van der Waals surface area contributed by atoms with Gasteiger partial charge in [0.1, 0.15) is 0 Å². The third kappa shape index (κ3) is 4.34. The van der Waals surface area contributed by atoms with Crippen LogP contribution in [0.1, 0.15) is 33.6 Å². The maximum Gasteiger partial charge on any atom is 0.224 e. The molecule has 0 aliphatic carbocycles. The maximum atomic E-state index is 12.1. The topological polar surface area (TPSA) is 32.3 Å². The molecule has 0 aromatic rings. The first-order valence-corrected chi connectivity index (χ1v) is 7.41. The van der Waals surface area contributed by atoms with Crippen LogP contribution in [-0.4, -0.2) is 47.5 Å². The van der Waals surface area contributed by atoms with E-state index in [1.54, 1.807) is 0 Å². The molecular weight excluding hydrogens is 220 g/mol. The number of amides is 1. The molecule has 3 nitrogen and oxygen atoms in total. The number of carbonyl (C=O) groups is 1. The minimum atomic E-state index is 0.303. The Morgan fingerprint density at radius 1 is 1.56 bits per heavy atom. The highest BCUT2D eigenvalue weighted by atomic mass is 32.2. The molecule has 0 saturated carbocycles. The molecule has 0 aromatic heterocycles. The molecule has 4 heteroatoms. The molecule has 1 rings (SSSR count). The van der Waals surface area contributed by atoms with Crippen molar-refractivity contribution in [1.82, 2.24) is 10.2 Å². The first kappa shape index (κ1) is 13.8. The van der Waals surface area contributed by atoms with Gasteiger partial charge in [-0.1, -0.05) is 6.92 Å². The second-order valence-electron chi connectivity index (χ2n) is 4.61. The van der Waals surface area contributed by atoms with Gasteiger partial charge < -0.3 is 10.2 Å². The average Bonchev–Trinajstić information content (AvgIpc) is 2.26. The van der Waals surface area contributed by atoms with E-state index in [1.807, 2.05) is 16.7 Å². The van der Waals surface area contributed by atoms with E-state index >= 15 is 0 Å². The highest BCUT2D eigenvalue weighted by molar-refractivity contribution is 7.99. The normalized spacial score (nSPS) is 21.1. The Bertz CT molecular complexity index is 215. The van der Waals surface area contributed by atoms with Crippen molar-refractivity contribution >= 4 is 17.7 Å².